The predicted octanol–water partition coefficient (Wildman–Crippen LogP) is 2.88. The first kappa shape index (κ1) is 16.5. The molecule has 0 aromatic heterocycles. The van der Waals surface area contributed by atoms with E-state index in [1.165, 1.54) is 18.1 Å². The summed E-state index contributed by atoms with van der Waals surface area (Å²) in [5, 5.41) is 2.78. The van der Waals surface area contributed by atoms with Crippen LogP contribution < -0.4 is 16.0 Å². The molecule has 0 aliphatic heterocycles. The SMILES string of the molecule is CC(=O)N(C(=O)NCCc1ccccc1C)c1cccc(N)c1. The van der Waals surface area contributed by atoms with Gasteiger partial charge in [-0.15, -0.1) is 0 Å². The molecule has 2 rings (SSSR count). The number of hydrogen-bond donors (Lipinski definition) is 2. The van der Waals surface area contributed by atoms with Crippen molar-refractivity contribution < 1.29 is 9.59 Å². The number of amides is 3. The number of benzene rings is 2. The number of imide groups is 1. The van der Waals surface area contributed by atoms with Crippen molar-refractivity contribution >= 4 is 23.3 Å². The van der Waals surface area contributed by atoms with Gasteiger partial charge in [-0.2, -0.15) is 0 Å². The number of nitrogens with two attached hydrogens (primary N) is 1. The van der Waals surface area contributed by atoms with Gasteiger partial charge in [-0.05, 0) is 42.7 Å². The summed E-state index contributed by atoms with van der Waals surface area (Å²) in [6.45, 7) is 3.84. The summed E-state index contributed by atoms with van der Waals surface area (Å²) >= 11 is 0. The van der Waals surface area contributed by atoms with Gasteiger partial charge < -0.3 is 11.1 Å². The Kier molecular flexibility index (Phi) is 5.36. The lowest BCUT2D eigenvalue weighted by molar-refractivity contribution is -0.115. The second kappa shape index (κ2) is 7.45. The molecule has 0 spiro atoms. The summed E-state index contributed by atoms with van der Waals surface area (Å²) in [6, 6.07) is 14.3. The third-order valence-electron chi connectivity index (χ3n) is 3.58. The topological polar surface area (TPSA) is 75.4 Å². The van der Waals surface area contributed by atoms with Crippen LogP contribution in [0.25, 0.3) is 0 Å². The number of urea groups is 1. The summed E-state index contributed by atoms with van der Waals surface area (Å²) in [5.74, 6) is -0.357. The van der Waals surface area contributed by atoms with Crippen LogP contribution >= 0.6 is 0 Å². The number of anilines is 2. The van der Waals surface area contributed by atoms with Crippen LogP contribution in [0.4, 0.5) is 16.2 Å². The van der Waals surface area contributed by atoms with E-state index >= 15 is 0 Å². The molecule has 0 radical (unpaired) electrons. The molecule has 2 aromatic carbocycles. The number of nitrogens with one attached hydrogen (secondary N) is 1. The van der Waals surface area contributed by atoms with Gasteiger partial charge in [0.2, 0.25) is 5.91 Å². The van der Waals surface area contributed by atoms with Gasteiger partial charge in [0.25, 0.3) is 0 Å². The van der Waals surface area contributed by atoms with Crippen LogP contribution in [0.5, 0.6) is 0 Å². The van der Waals surface area contributed by atoms with E-state index in [4.69, 9.17) is 5.73 Å². The molecule has 0 aliphatic rings. The number of carbonyl (C=O) groups is 2. The Hall–Kier alpha value is -2.82. The van der Waals surface area contributed by atoms with Crippen molar-refractivity contribution in [2.75, 3.05) is 17.2 Å². The molecule has 0 fully saturated rings. The Morgan fingerprint density at radius 1 is 1.13 bits per heavy atom. The van der Waals surface area contributed by atoms with Crippen molar-refractivity contribution in [3.63, 3.8) is 0 Å². The third-order valence-corrected chi connectivity index (χ3v) is 3.58. The molecule has 0 atom stereocenters. The van der Waals surface area contributed by atoms with Crippen molar-refractivity contribution in [3.8, 4) is 0 Å². The zero-order valence-electron chi connectivity index (χ0n) is 13.4. The Morgan fingerprint density at radius 2 is 1.87 bits per heavy atom. The molecular formula is C18H21N3O2. The van der Waals surface area contributed by atoms with Gasteiger partial charge >= 0.3 is 6.03 Å². The van der Waals surface area contributed by atoms with Crippen molar-refractivity contribution in [3.05, 3.63) is 59.7 Å². The van der Waals surface area contributed by atoms with Crippen LogP contribution in [0.15, 0.2) is 48.5 Å². The smallest absolute Gasteiger partial charge is 0.328 e. The molecule has 0 aliphatic carbocycles. The standard InChI is InChI=1S/C18H21N3O2/c1-13-6-3-4-7-15(13)10-11-20-18(23)21(14(2)22)17-9-5-8-16(19)12-17/h3-9,12H,10-11,19H2,1-2H3,(H,20,23). The zero-order valence-corrected chi connectivity index (χ0v) is 13.4. The monoisotopic (exact) mass is 311 g/mol. The van der Waals surface area contributed by atoms with E-state index in [1.807, 2.05) is 31.2 Å². The second-order valence-electron chi connectivity index (χ2n) is 5.36. The third kappa shape index (κ3) is 4.32. The lowest BCUT2D eigenvalue weighted by atomic mass is 10.1. The van der Waals surface area contributed by atoms with Crippen LogP contribution in [0.1, 0.15) is 18.1 Å². The van der Waals surface area contributed by atoms with Crippen LogP contribution in [0.3, 0.4) is 0 Å². The number of nitrogens with zero attached hydrogens (tertiary/aromatic N) is 1. The molecule has 0 saturated carbocycles. The second-order valence-corrected chi connectivity index (χ2v) is 5.36. The van der Waals surface area contributed by atoms with Gasteiger partial charge in [-0.1, -0.05) is 30.3 Å². The normalized spacial score (nSPS) is 10.2. The molecule has 5 nitrogen and oxygen atoms in total. The summed E-state index contributed by atoms with van der Waals surface area (Å²) in [7, 11) is 0. The highest BCUT2D eigenvalue weighted by Crippen LogP contribution is 2.18. The number of carbonyl (C=O) groups excluding carboxylic acids is 2. The van der Waals surface area contributed by atoms with E-state index in [0.717, 1.165) is 4.90 Å². The number of rotatable bonds is 4. The molecule has 5 heteroatoms. The first-order chi connectivity index (χ1) is 11.0. The molecular weight excluding hydrogens is 290 g/mol. The van der Waals surface area contributed by atoms with Gasteiger partial charge in [0, 0.05) is 19.2 Å². The number of hydrogen-bond acceptors (Lipinski definition) is 3. The molecule has 120 valence electrons. The van der Waals surface area contributed by atoms with E-state index < -0.39 is 6.03 Å². The molecule has 3 amide bonds. The Balaban J connectivity index is 2.02. The first-order valence-electron chi connectivity index (χ1n) is 7.47. The first-order valence-corrected chi connectivity index (χ1v) is 7.47. The fourth-order valence-corrected chi connectivity index (χ4v) is 2.38. The molecule has 3 N–H and O–H groups in total. The molecule has 0 heterocycles. The summed E-state index contributed by atoms with van der Waals surface area (Å²) < 4.78 is 0. The molecule has 2 aromatic rings. The van der Waals surface area contributed by atoms with Gasteiger partial charge in [-0.3, -0.25) is 4.79 Å². The van der Waals surface area contributed by atoms with E-state index in [-0.39, 0.29) is 5.91 Å². The Labute approximate surface area is 136 Å². The summed E-state index contributed by atoms with van der Waals surface area (Å²) in [6.07, 6.45) is 0.709. The quantitative estimate of drug-likeness (QED) is 0.853. The van der Waals surface area contributed by atoms with Gasteiger partial charge in [-0.25, -0.2) is 9.69 Å². The van der Waals surface area contributed by atoms with Crippen molar-refractivity contribution in [1.82, 2.24) is 5.32 Å². The van der Waals surface area contributed by atoms with Gasteiger partial charge in [0.15, 0.2) is 0 Å². The maximum absolute atomic E-state index is 12.3. The maximum atomic E-state index is 12.3. The maximum Gasteiger partial charge on any atom is 0.328 e. The van der Waals surface area contributed by atoms with Gasteiger partial charge in [0.1, 0.15) is 0 Å². The molecule has 0 saturated heterocycles. The minimum Gasteiger partial charge on any atom is -0.399 e. The highest BCUT2D eigenvalue weighted by molar-refractivity contribution is 6.13. The molecule has 23 heavy (non-hydrogen) atoms. The average Bonchev–Trinajstić information content (AvgIpc) is 2.49. The summed E-state index contributed by atoms with van der Waals surface area (Å²) in [4.78, 5) is 25.2. The van der Waals surface area contributed by atoms with Crippen molar-refractivity contribution in [2.45, 2.75) is 20.3 Å². The van der Waals surface area contributed by atoms with Crippen molar-refractivity contribution in [2.24, 2.45) is 0 Å². The predicted molar refractivity (Wildman–Crippen MR) is 92.3 cm³/mol. The van der Waals surface area contributed by atoms with Gasteiger partial charge in [0.05, 0.1) is 5.69 Å². The van der Waals surface area contributed by atoms with Crippen molar-refractivity contribution in [1.29, 1.82) is 0 Å². The fourth-order valence-electron chi connectivity index (χ4n) is 2.38. The van der Waals surface area contributed by atoms with E-state index in [0.29, 0.717) is 24.3 Å². The van der Waals surface area contributed by atoms with Crippen LogP contribution in [-0.4, -0.2) is 18.5 Å². The number of aryl methyl sites for hydroxylation is 1. The van der Waals surface area contributed by atoms with E-state index in [9.17, 15) is 9.59 Å². The Morgan fingerprint density at radius 3 is 2.52 bits per heavy atom. The van der Waals surface area contributed by atoms with E-state index in [2.05, 4.69) is 5.32 Å². The minimum atomic E-state index is -0.448. The van der Waals surface area contributed by atoms with Crippen LogP contribution in [-0.2, 0) is 11.2 Å². The lowest BCUT2D eigenvalue weighted by Crippen LogP contribution is -2.43. The summed E-state index contributed by atoms with van der Waals surface area (Å²) in [5.41, 5.74) is 9.04. The van der Waals surface area contributed by atoms with Crippen LogP contribution in [0.2, 0.25) is 0 Å². The lowest BCUT2D eigenvalue weighted by Gasteiger charge is -2.20. The largest absolute Gasteiger partial charge is 0.399 e. The fraction of sp³-hybridized carbons (Fsp3) is 0.222. The highest BCUT2D eigenvalue weighted by Gasteiger charge is 2.19. The Bertz CT molecular complexity index is 713. The zero-order chi connectivity index (χ0) is 16.8. The molecule has 0 unspecified atom stereocenters. The minimum absolute atomic E-state index is 0.357. The number of nitrogen functional groups attached to an aromatic ring is 1. The van der Waals surface area contributed by atoms with E-state index in [1.54, 1.807) is 24.3 Å². The average molecular weight is 311 g/mol. The highest BCUT2D eigenvalue weighted by atomic mass is 16.2. The molecule has 0 bridgehead atoms. The van der Waals surface area contributed by atoms with Crippen LogP contribution in [0, 0.1) is 6.92 Å².